The zero-order valence-corrected chi connectivity index (χ0v) is 14.0. The van der Waals surface area contributed by atoms with Crippen molar-refractivity contribution in [2.75, 3.05) is 25.1 Å². The molecule has 0 spiro atoms. The van der Waals surface area contributed by atoms with E-state index in [9.17, 15) is 14.3 Å². The number of ether oxygens (including phenoxy) is 1. The van der Waals surface area contributed by atoms with E-state index < -0.39 is 13.7 Å². The molecule has 0 amide bonds. The van der Waals surface area contributed by atoms with Crippen molar-refractivity contribution < 1.29 is 23.5 Å². The van der Waals surface area contributed by atoms with Crippen LogP contribution in [0, 0.1) is 0 Å². The molecular weight excluding hydrogens is 323 g/mol. The van der Waals surface area contributed by atoms with Gasteiger partial charge in [0.1, 0.15) is 0 Å². The molecule has 0 saturated heterocycles. The molecule has 0 radical (unpaired) electrons. The van der Waals surface area contributed by atoms with Crippen LogP contribution in [0.25, 0.3) is 0 Å². The summed E-state index contributed by atoms with van der Waals surface area (Å²) in [7, 11) is -3.82. The van der Waals surface area contributed by atoms with Crippen LogP contribution < -0.4 is 10.4 Å². The van der Waals surface area contributed by atoms with Gasteiger partial charge in [-0.15, -0.1) is 0 Å². The fraction of sp³-hybridized carbons (Fsp3) is 0.538. The number of carbonyl (C=O) groups excluding carboxylic acids is 1. The Kier molecular flexibility index (Phi) is 5.81. The molecule has 1 aliphatic heterocycles. The predicted octanol–water partition coefficient (Wildman–Crippen LogP) is 1.66. The maximum atomic E-state index is 11.7. The number of imidazole rings is 1. The minimum absolute atomic E-state index is 0.101. The number of nitrogens with zero attached hydrogens (tertiary/aromatic N) is 2. The number of esters is 1. The largest absolute Gasteiger partial charge is 0.461 e. The molecule has 0 fully saturated rings. The number of nitrogens with one attached hydrogen (secondary N) is 2. The highest BCUT2D eigenvalue weighted by Gasteiger charge is 2.23. The smallest absolute Gasteiger partial charge is 0.429 e. The number of carbonyl (C=O) groups is 1. The van der Waals surface area contributed by atoms with Gasteiger partial charge in [-0.05, 0) is 26.3 Å². The summed E-state index contributed by atoms with van der Waals surface area (Å²) in [5.41, 5.74) is 0.227. The van der Waals surface area contributed by atoms with E-state index in [1.807, 2.05) is 0 Å². The standard InChI is InChI=1S/C13H21N4O5P/c1-3-21-12(18)11-9-17-10(5-7-14-13(17)16-11)6-8-15-23(19,20)22-4-2/h6,8-10H,3-5,7H2,1-2H3,(H,14,16)(H2,15,19,20)/b8-6+. The Balaban J connectivity index is 2.09. The third-order valence-corrected chi connectivity index (χ3v) is 4.24. The van der Waals surface area contributed by atoms with Crippen LogP contribution in [-0.4, -0.2) is 40.2 Å². The molecule has 1 aromatic heterocycles. The Bertz CT molecular complexity index is 630. The Labute approximate surface area is 134 Å². The lowest BCUT2D eigenvalue weighted by atomic mass is 10.2. The summed E-state index contributed by atoms with van der Waals surface area (Å²) >= 11 is 0. The second kappa shape index (κ2) is 7.63. The van der Waals surface area contributed by atoms with Crippen molar-refractivity contribution in [1.82, 2.24) is 14.6 Å². The highest BCUT2D eigenvalue weighted by molar-refractivity contribution is 7.50. The molecular formula is C13H21N4O5P. The van der Waals surface area contributed by atoms with Crippen LogP contribution in [-0.2, 0) is 13.8 Å². The third kappa shape index (κ3) is 4.57. The average molecular weight is 344 g/mol. The van der Waals surface area contributed by atoms with E-state index in [1.165, 1.54) is 6.20 Å². The van der Waals surface area contributed by atoms with Crippen LogP contribution in [0.2, 0.25) is 0 Å². The lowest BCUT2D eigenvalue weighted by molar-refractivity contribution is 0.0520. The van der Waals surface area contributed by atoms with E-state index in [0.29, 0.717) is 12.5 Å². The summed E-state index contributed by atoms with van der Waals surface area (Å²) in [6, 6.07) is -0.101. The van der Waals surface area contributed by atoms with Crippen LogP contribution in [0.3, 0.4) is 0 Å². The molecule has 0 saturated carbocycles. The molecule has 23 heavy (non-hydrogen) atoms. The summed E-state index contributed by atoms with van der Waals surface area (Å²) < 4.78 is 23.0. The summed E-state index contributed by atoms with van der Waals surface area (Å²) in [6.45, 7) is 4.46. The minimum atomic E-state index is -3.82. The molecule has 3 N–H and O–H groups in total. The first kappa shape index (κ1) is 17.5. The second-order valence-electron chi connectivity index (χ2n) is 4.79. The topological polar surface area (TPSA) is 115 Å². The van der Waals surface area contributed by atoms with Crippen molar-refractivity contribution in [2.24, 2.45) is 0 Å². The van der Waals surface area contributed by atoms with Crippen molar-refractivity contribution in [1.29, 1.82) is 0 Å². The Hall–Kier alpha value is -1.83. The highest BCUT2D eigenvalue weighted by Crippen LogP contribution is 2.36. The first-order valence-electron chi connectivity index (χ1n) is 7.38. The quantitative estimate of drug-likeness (QED) is 0.505. The number of rotatable bonds is 7. The summed E-state index contributed by atoms with van der Waals surface area (Å²) in [5.74, 6) is 0.0826. The maximum Gasteiger partial charge on any atom is 0.429 e. The van der Waals surface area contributed by atoms with Gasteiger partial charge in [0.15, 0.2) is 5.69 Å². The van der Waals surface area contributed by atoms with Gasteiger partial charge in [-0.25, -0.2) is 14.3 Å². The molecule has 2 heterocycles. The molecule has 2 unspecified atom stereocenters. The Morgan fingerprint density at radius 1 is 1.61 bits per heavy atom. The second-order valence-corrected chi connectivity index (χ2v) is 6.34. The van der Waals surface area contributed by atoms with E-state index in [2.05, 4.69) is 15.4 Å². The number of hydrogen-bond acceptors (Lipinski definition) is 6. The van der Waals surface area contributed by atoms with E-state index in [0.717, 1.165) is 6.42 Å². The summed E-state index contributed by atoms with van der Waals surface area (Å²) in [6.07, 6.45) is 5.47. The van der Waals surface area contributed by atoms with Gasteiger partial charge < -0.3 is 19.5 Å². The first-order valence-corrected chi connectivity index (χ1v) is 8.96. The van der Waals surface area contributed by atoms with Crippen LogP contribution in [0.15, 0.2) is 18.5 Å². The van der Waals surface area contributed by atoms with Crippen LogP contribution in [0.5, 0.6) is 0 Å². The number of aromatic nitrogens is 2. The summed E-state index contributed by atoms with van der Waals surface area (Å²) in [5, 5.41) is 5.45. The zero-order valence-electron chi connectivity index (χ0n) is 13.1. The van der Waals surface area contributed by atoms with Crippen molar-refractivity contribution in [3.8, 4) is 0 Å². The zero-order chi connectivity index (χ0) is 16.9. The molecule has 1 aromatic rings. The van der Waals surface area contributed by atoms with Crippen LogP contribution in [0.1, 0.15) is 36.8 Å². The molecule has 1 aliphatic rings. The molecule has 2 atom stereocenters. The first-order chi connectivity index (χ1) is 11.0. The van der Waals surface area contributed by atoms with Crippen molar-refractivity contribution in [2.45, 2.75) is 26.3 Å². The van der Waals surface area contributed by atoms with E-state index in [1.54, 1.807) is 30.7 Å². The van der Waals surface area contributed by atoms with Gasteiger partial charge in [0.25, 0.3) is 0 Å². The molecule has 9 nitrogen and oxygen atoms in total. The van der Waals surface area contributed by atoms with Gasteiger partial charge in [0, 0.05) is 18.9 Å². The predicted molar refractivity (Wildman–Crippen MR) is 84.1 cm³/mol. The minimum Gasteiger partial charge on any atom is -0.461 e. The number of fused-ring (bicyclic) bond motifs is 1. The van der Waals surface area contributed by atoms with Crippen LogP contribution in [0.4, 0.5) is 5.95 Å². The number of hydrogen-bond donors (Lipinski definition) is 3. The Morgan fingerprint density at radius 3 is 3.09 bits per heavy atom. The SMILES string of the molecule is CCOC(=O)c1cn2c(n1)NCCC2/C=C/NP(=O)(O)OCC. The van der Waals surface area contributed by atoms with Gasteiger partial charge in [0.05, 0.1) is 19.3 Å². The van der Waals surface area contributed by atoms with Gasteiger partial charge in [-0.2, -0.15) is 0 Å². The maximum absolute atomic E-state index is 11.7. The Morgan fingerprint density at radius 2 is 2.39 bits per heavy atom. The van der Waals surface area contributed by atoms with Crippen molar-refractivity contribution in [3.05, 3.63) is 24.2 Å². The molecule has 0 aliphatic carbocycles. The fourth-order valence-corrected chi connectivity index (χ4v) is 2.90. The normalized spacial score (nSPS) is 19.7. The van der Waals surface area contributed by atoms with Gasteiger partial charge in [-0.3, -0.25) is 9.61 Å². The monoisotopic (exact) mass is 344 g/mol. The lowest BCUT2D eigenvalue weighted by Crippen LogP contribution is -2.21. The summed E-state index contributed by atoms with van der Waals surface area (Å²) in [4.78, 5) is 25.4. The molecule has 0 bridgehead atoms. The number of allylic oxidation sites excluding steroid dienone is 1. The molecule has 10 heteroatoms. The van der Waals surface area contributed by atoms with Crippen LogP contribution >= 0.6 is 7.75 Å². The van der Waals surface area contributed by atoms with Crippen molar-refractivity contribution in [3.63, 3.8) is 0 Å². The van der Waals surface area contributed by atoms with E-state index in [4.69, 9.17) is 9.26 Å². The molecule has 2 rings (SSSR count). The van der Waals surface area contributed by atoms with Gasteiger partial charge >= 0.3 is 13.7 Å². The molecule has 128 valence electrons. The van der Waals surface area contributed by atoms with E-state index >= 15 is 0 Å². The van der Waals surface area contributed by atoms with Crippen molar-refractivity contribution >= 4 is 19.7 Å². The lowest BCUT2D eigenvalue weighted by Gasteiger charge is -2.23. The highest BCUT2D eigenvalue weighted by atomic mass is 31.2. The fourth-order valence-electron chi connectivity index (χ4n) is 2.20. The number of anilines is 1. The third-order valence-electron chi connectivity index (χ3n) is 3.16. The van der Waals surface area contributed by atoms with Gasteiger partial charge in [-0.1, -0.05) is 0 Å². The van der Waals surface area contributed by atoms with Gasteiger partial charge in [0.2, 0.25) is 5.95 Å². The average Bonchev–Trinajstić information content (AvgIpc) is 2.92. The van der Waals surface area contributed by atoms with E-state index in [-0.39, 0.29) is 24.9 Å². The molecule has 0 aromatic carbocycles.